The van der Waals surface area contributed by atoms with Gasteiger partial charge in [0, 0.05) is 61.2 Å². The molecule has 6 nitrogen and oxygen atoms in total. The summed E-state index contributed by atoms with van der Waals surface area (Å²) >= 11 is 0. The molecule has 0 aliphatic carbocycles. The van der Waals surface area contributed by atoms with Gasteiger partial charge in [0.1, 0.15) is 5.82 Å². The minimum absolute atomic E-state index is 0.592. The van der Waals surface area contributed by atoms with Gasteiger partial charge >= 0.3 is 0 Å². The van der Waals surface area contributed by atoms with E-state index in [1.54, 1.807) is 0 Å². The van der Waals surface area contributed by atoms with Crippen LogP contribution in [-0.2, 0) is 0 Å². The molecule has 0 N–H and O–H groups in total. The molecule has 0 unspecified atom stereocenters. The Hall–Kier alpha value is -9.26. The Bertz CT molecular complexity index is 3910. The average molecular weight is 869 g/mol. The van der Waals surface area contributed by atoms with E-state index in [9.17, 15) is 0 Å². The standard InChI is InChI=1S/C62H40N6/c1-3-17-41(18-4-1)45-21-15-22-46(37-45)48-39-54(62(63-40-48)68-57-31-13-9-27-52(57)53-28-10-14-32-58(53)68)42-33-35-44(36-34-42)60-64-59(43-19-5-2-6-20-43)65-61(66-60)47-23-16-24-49(38-47)67-55-29-11-7-25-50(55)51-26-8-12-30-56(51)67/h1-40H. The molecule has 4 aromatic heterocycles. The molecule has 0 radical (unpaired) electrons. The van der Waals surface area contributed by atoms with Crippen molar-refractivity contribution in [3.05, 3.63) is 243 Å². The van der Waals surface area contributed by atoms with E-state index < -0.39 is 0 Å². The molecular formula is C62H40N6. The number of para-hydroxylation sites is 4. The first-order valence-corrected chi connectivity index (χ1v) is 22.9. The molecule has 0 bridgehead atoms. The molecule has 9 aromatic carbocycles. The molecule has 6 heteroatoms. The summed E-state index contributed by atoms with van der Waals surface area (Å²) in [4.78, 5) is 20.8. The van der Waals surface area contributed by atoms with E-state index in [1.807, 2.05) is 36.5 Å². The van der Waals surface area contributed by atoms with Crippen molar-refractivity contribution in [2.24, 2.45) is 0 Å². The van der Waals surface area contributed by atoms with Crippen LogP contribution in [0.2, 0.25) is 0 Å². The van der Waals surface area contributed by atoms with Gasteiger partial charge in [-0.15, -0.1) is 0 Å². The Morgan fingerprint density at radius 2 is 0.676 bits per heavy atom. The van der Waals surface area contributed by atoms with Gasteiger partial charge in [0.15, 0.2) is 17.5 Å². The van der Waals surface area contributed by atoms with Crippen LogP contribution in [0.15, 0.2) is 243 Å². The van der Waals surface area contributed by atoms with Crippen molar-refractivity contribution in [1.29, 1.82) is 0 Å². The predicted molar refractivity (Wildman–Crippen MR) is 279 cm³/mol. The zero-order chi connectivity index (χ0) is 45.0. The number of fused-ring (bicyclic) bond motifs is 6. The molecule has 318 valence electrons. The number of aromatic nitrogens is 6. The normalized spacial score (nSPS) is 11.5. The van der Waals surface area contributed by atoms with Crippen LogP contribution in [-0.4, -0.2) is 29.1 Å². The van der Waals surface area contributed by atoms with Crippen molar-refractivity contribution in [3.8, 4) is 79.0 Å². The van der Waals surface area contributed by atoms with Crippen molar-refractivity contribution in [3.63, 3.8) is 0 Å². The van der Waals surface area contributed by atoms with Crippen LogP contribution in [0.4, 0.5) is 0 Å². The quantitative estimate of drug-likeness (QED) is 0.153. The largest absolute Gasteiger partial charge is 0.309 e. The maximum atomic E-state index is 5.33. The van der Waals surface area contributed by atoms with Crippen molar-refractivity contribution in [2.45, 2.75) is 0 Å². The van der Waals surface area contributed by atoms with E-state index in [2.05, 4.69) is 215 Å². The number of nitrogens with zero attached hydrogens (tertiary/aromatic N) is 6. The van der Waals surface area contributed by atoms with Gasteiger partial charge < -0.3 is 4.57 Å². The predicted octanol–water partition coefficient (Wildman–Crippen LogP) is 15.5. The molecule has 0 saturated heterocycles. The Balaban J connectivity index is 0.951. The lowest BCUT2D eigenvalue weighted by Crippen LogP contribution is -2.02. The second-order valence-corrected chi connectivity index (χ2v) is 17.1. The van der Waals surface area contributed by atoms with Crippen LogP contribution in [0.25, 0.3) is 123 Å². The second-order valence-electron chi connectivity index (χ2n) is 17.1. The van der Waals surface area contributed by atoms with Crippen molar-refractivity contribution in [2.75, 3.05) is 0 Å². The zero-order valence-electron chi connectivity index (χ0n) is 36.8. The van der Waals surface area contributed by atoms with Crippen LogP contribution in [0.3, 0.4) is 0 Å². The van der Waals surface area contributed by atoms with E-state index >= 15 is 0 Å². The van der Waals surface area contributed by atoms with Gasteiger partial charge in [-0.2, -0.15) is 0 Å². The lowest BCUT2D eigenvalue weighted by atomic mass is 9.97. The number of benzene rings is 9. The fourth-order valence-electron chi connectivity index (χ4n) is 9.80. The van der Waals surface area contributed by atoms with Gasteiger partial charge in [-0.05, 0) is 70.8 Å². The fraction of sp³-hybridized carbons (Fsp3) is 0. The first-order chi connectivity index (χ1) is 33.7. The van der Waals surface area contributed by atoms with E-state index in [-0.39, 0.29) is 0 Å². The molecule has 13 rings (SSSR count). The summed E-state index contributed by atoms with van der Waals surface area (Å²) in [5, 5.41) is 4.80. The van der Waals surface area contributed by atoms with E-state index in [0.29, 0.717) is 17.5 Å². The highest BCUT2D eigenvalue weighted by Gasteiger charge is 2.20. The molecule has 0 aliphatic rings. The van der Waals surface area contributed by atoms with Crippen LogP contribution in [0, 0.1) is 0 Å². The zero-order valence-corrected chi connectivity index (χ0v) is 36.8. The molecular weight excluding hydrogens is 829 g/mol. The minimum Gasteiger partial charge on any atom is -0.309 e. The number of rotatable bonds is 8. The lowest BCUT2D eigenvalue weighted by Gasteiger charge is -2.16. The van der Waals surface area contributed by atoms with Crippen LogP contribution < -0.4 is 0 Å². The first-order valence-electron chi connectivity index (χ1n) is 22.9. The molecule has 0 fully saturated rings. The Morgan fingerprint density at radius 3 is 1.25 bits per heavy atom. The number of hydrogen-bond acceptors (Lipinski definition) is 4. The van der Waals surface area contributed by atoms with Gasteiger partial charge in [-0.25, -0.2) is 19.9 Å². The molecule has 0 atom stereocenters. The molecule has 13 aromatic rings. The molecule has 0 amide bonds. The summed E-state index contributed by atoms with van der Waals surface area (Å²) in [5.74, 6) is 2.66. The first kappa shape index (κ1) is 39.1. The Kier molecular flexibility index (Phi) is 9.39. The van der Waals surface area contributed by atoms with Crippen molar-refractivity contribution < 1.29 is 0 Å². The number of hydrogen-bond donors (Lipinski definition) is 0. The monoisotopic (exact) mass is 868 g/mol. The van der Waals surface area contributed by atoms with Gasteiger partial charge in [0.2, 0.25) is 0 Å². The summed E-state index contributed by atoms with van der Waals surface area (Å²) < 4.78 is 4.63. The average Bonchev–Trinajstić information content (AvgIpc) is 3.94. The number of pyridine rings is 1. The van der Waals surface area contributed by atoms with Gasteiger partial charge in [0.25, 0.3) is 0 Å². The summed E-state index contributed by atoms with van der Waals surface area (Å²) in [6, 6.07) is 83.0. The van der Waals surface area contributed by atoms with Gasteiger partial charge in [0.05, 0.1) is 22.1 Å². The van der Waals surface area contributed by atoms with E-state index in [0.717, 1.165) is 78.1 Å². The maximum Gasteiger partial charge on any atom is 0.164 e. The summed E-state index contributed by atoms with van der Waals surface area (Å²) in [6.45, 7) is 0. The summed E-state index contributed by atoms with van der Waals surface area (Å²) in [7, 11) is 0. The molecule has 0 aliphatic heterocycles. The Morgan fingerprint density at radius 1 is 0.265 bits per heavy atom. The highest BCUT2D eigenvalue weighted by Crippen LogP contribution is 2.39. The molecule has 0 spiro atoms. The van der Waals surface area contributed by atoms with Crippen LogP contribution >= 0.6 is 0 Å². The maximum absolute atomic E-state index is 5.33. The smallest absolute Gasteiger partial charge is 0.164 e. The second kappa shape index (κ2) is 16.3. The van der Waals surface area contributed by atoms with Gasteiger partial charge in [-0.1, -0.05) is 188 Å². The third kappa shape index (κ3) is 6.74. The highest BCUT2D eigenvalue weighted by atomic mass is 15.1. The topological polar surface area (TPSA) is 61.4 Å². The Labute approximate surface area is 392 Å². The van der Waals surface area contributed by atoms with Crippen molar-refractivity contribution in [1.82, 2.24) is 29.1 Å². The van der Waals surface area contributed by atoms with Crippen molar-refractivity contribution >= 4 is 43.6 Å². The summed E-state index contributed by atoms with van der Waals surface area (Å²) in [6.07, 6.45) is 2.01. The van der Waals surface area contributed by atoms with Crippen LogP contribution in [0.5, 0.6) is 0 Å². The highest BCUT2D eigenvalue weighted by molar-refractivity contribution is 6.10. The minimum atomic E-state index is 0.592. The molecule has 0 saturated carbocycles. The molecule has 68 heavy (non-hydrogen) atoms. The SMILES string of the molecule is c1ccc(-c2cccc(-c3cnc(-n4c5ccccc5c5ccccc54)c(-c4ccc(-c5nc(-c6ccccc6)nc(-c6cccc(-n7c8ccccc8c8ccccc87)c6)n5)cc4)c3)c2)cc1. The van der Waals surface area contributed by atoms with Gasteiger partial charge in [-0.3, -0.25) is 4.57 Å². The fourth-order valence-corrected chi connectivity index (χ4v) is 9.80. The third-order valence-corrected chi connectivity index (χ3v) is 13.0. The van der Waals surface area contributed by atoms with Crippen LogP contribution in [0.1, 0.15) is 0 Å². The lowest BCUT2D eigenvalue weighted by molar-refractivity contribution is 1.07. The van der Waals surface area contributed by atoms with E-state index in [4.69, 9.17) is 19.9 Å². The third-order valence-electron chi connectivity index (χ3n) is 13.0. The van der Waals surface area contributed by atoms with E-state index in [1.165, 1.54) is 27.1 Å². The summed E-state index contributed by atoms with van der Waals surface area (Å²) in [5.41, 5.74) is 14.7. The molecule has 4 heterocycles.